The summed E-state index contributed by atoms with van der Waals surface area (Å²) in [5, 5.41) is 12.1. The van der Waals surface area contributed by atoms with E-state index in [1.54, 1.807) is 11.3 Å². The van der Waals surface area contributed by atoms with Crippen LogP contribution in [0.4, 0.5) is 0 Å². The van der Waals surface area contributed by atoms with Crippen LogP contribution in [0.1, 0.15) is 23.1 Å². The molecule has 0 amide bonds. The molecule has 1 unspecified atom stereocenters. The lowest BCUT2D eigenvalue weighted by molar-refractivity contribution is -0.139. The van der Waals surface area contributed by atoms with E-state index in [9.17, 15) is 4.79 Å². The minimum absolute atomic E-state index is 0.201. The predicted octanol–water partition coefficient (Wildman–Crippen LogP) is 1.57. The molecule has 18 heavy (non-hydrogen) atoms. The molecule has 0 fully saturated rings. The molecule has 0 aliphatic heterocycles. The fourth-order valence-electron chi connectivity index (χ4n) is 1.59. The van der Waals surface area contributed by atoms with Gasteiger partial charge in [0.1, 0.15) is 0 Å². The standard InChI is InChI=1S/C13H21NO3S/c1-10(5-6-15)8-14-9-12-4-3-11(18-12)7-13(16)17-2/h3-4,10,14-15H,5-9H2,1-2H3. The molecule has 4 nitrogen and oxygen atoms in total. The summed E-state index contributed by atoms with van der Waals surface area (Å²) in [6, 6.07) is 4.00. The SMILES string of the molecule is COC(=O)Cc1ccc(CNCC(C)CCO)s1. The number of ether oxygens (including phenoxy) is 1. The third kappa shape index (κ3) is 5.62. The molecule has 5 heteroatoms. The van der Waals surface area contributed by atoms with Crippen LogP contribution in [-0.4, -0.2) is 31.3 Å². The van der Waals surface area contributed by atoms with Gasteiger partial charge in [-0.1, -0.05) is 6.92 Å². The molecule has 1 rings (SSSR count). The lowest BCUT2D eigenvalue weighted by Gasteiger charge is -2.09. The van der Waals surface area contributed by atoms with Crippen molar-refractivity contribution in [2.45, 2.75) is 26.3 Å². The fraction of sp³-hybridized carbons (Fsp3) is 0.615. The number of methoxy groups -OCH3 is 1. The normalized spacial score (nSPS) is 12.4. The Balaban J connectivity index is 2.29. The summed E-state index contributed by atoms with van der Waals surface area (Å²) in [4.78, 5) is 13.4. The van der Waals surface area contributed by atoms with Gasteiger partial charge in [0.05, 0.1) is 13.5 Å². The molecule has 0 bridgehead atoms. The third-order valence-electron chi connectivity index (χ3n) is 2.68. The molecule has 0 aliphatic carbocycles. The first-order valence-corrected chi connectivity index (χ1v) is 6.93. The van der Waals surface area contributed by atoms with E-state index in [1.165, 1.54) is 12.0 Å². The molecule has 0 radical (unpaired) electrons. The average Bonchev–Trinajstić information content (AvgIpc) is 2.77. The lowest BCUT2D eigenvalue weighted by atomic mass is 10.1. The Morgan fingerprint density at radius 3 is 2.89 bits per heavy atom. The van der Waals surface area contributed by atoms with Crippen LogP contribution < -0.4 is 5.32 Å². The van der Waals surface area contributed by atoms with Gasteiger partial charge >= 0.3 is 5.97 Å². The van der Waals surface area contributed by atoms with Crippen molar-refractivity contribution in [2.75, 3.05) is 20.3 Å². The van der Waals surface area contributed by atoms with Crippen LogP contribution in [0.25, 0.3) is 0 Å². The Kier molecular flexibility index (Phi) is 6.93. The van der Waals surface area contributed by atoms with Crippen molar-refractivity contribution in [3.63, 3.8) is 0 Å². The maximum absolute atomic E-state index is 11.1. The van der Waals surface area contributed by atoms with Crippen LogP contribution in [-0.2, 0) is 22.5 Å². The van der Waals surface area contributed by atoms with Gasteiger partial charge in [0.15, 0.2) is 0 Å². The molecule has 1 heterocycles. The van der Waals surface area contributed by atoms with E-state index in [-0.39, 0.29) is 12.6 Å². The highest BCUT2D eigenvalue weighted by Gasteiger charge is 2.06. The molecular weight excluding hydrogens is 250 g/mol. The van der Waals surface area contributed by atoms with E-state index in [0.717, 1.165) is 24.4 Å². The highest BCUT2D eigenvalue weighted by atomic mass is 32.1. The van der Waals surface area contributed by atoms with Crippen LogP contribution in [0.5, 0.6) is 0 Å². The number of aliphatic hydroxyl groups is 1. The molecule has 0 spiro atoms. The van der Waals surface area contributed by atoms with E-state index in [1.807, 2.05) is 12.1 Å². The van der Waals surface area contributed by atoms with Crippen LogP contribution >= 0.6 is 11.3 Å². The van der Waals surface area contributed by atoms with Crippen LogP contribution in [0.2, 0.25) is 0 Å². The fourth-order valence-corrected chi connectivity index (χ4v) is 2.56. The number of esters is 1. The van der Waals surface area contributed by atoms with Gasteiger partial charge < -0.3 is 15.2 Å². The molecule has 1 aromatic rings. The van der Waals surface area contributed by atoms with Gasteiger partial charge in [-0.3, -0.25) is 4.79 Å². The summed E-state index contributed by atoms with van der Waals surface area (Å²) in [6.07, 6.45) is 1.17. The molecular formula is C13H21NO3S. The summed E-state index contributed by atoms with van der Waals surface area (Å²) in [6.45, 7) is 4.05. The largest absolute Gasteiger partial charge is 0.469 e. The summed E-state index contributed by atoms with van der Waals surface area (Å²) in [7, 11) is 1.40. The van der Waals surface area contributed by atoms with E-state index in [0.29, 0.717) is 12.3 Å². The van der Waals surface area contributed by atoms with Crippen molar-refractivity contribution in [3.05, 3.63) is 21.9 Å². The maximum Gasteiger partial charge on any atom is 0.310 e. The van der Waals surface area contributed by atoms with E-state index >= 15 is 0 Å². The Morgan fingerprint density at radius 2 is 2.22 bits per heavy atom. The summed E-state index contributed by atoms with van der Waals surface area (Å²) < 4.78 is 4.63. The minimum atomic E-state index is -0.201. The van der Waals surface area contributed by atoms with Gasteiger partial charge in [-0.15, -0.1) is 11.3 Å². The topological polar surface area (TPSA) is 58.6 Å². The second kappa shape index (κ2) is 8.24. The van der Waals surface area contributed by atoms with Crippen LogP contribution in [0, 0.1) is 5.92 Å². The molecule has 102 valence electrons. The number of hydrogen-bond acceptors (Lipinski definition) is 5. The third-order valence-corrected chi connectivity index (χ3v) is 3.76. The van der Waals surface area contributed by atoms with Gasteiger partial charge in [0, 0.05) is 22.9 Å². The Labute approximate surface area is 112 Å². The average molecular weight is 271 g/mol. The van der Waals surface area contributed by atoms with E-state index < -0.39 is 0 Å². The van der Waals surface area contributed by atoms with Crippen molar-refractivity contribution in [1.29, 1.82) is 0 Å². The lowest BCUT2D eigenvalue weighted by Crippen LogP contribution is -2.20. The van der Waals surface area contributed by atoms with E-state index in [4.69, 9.17) is 5.11 Å². The van der Waals surface area contributed by atoms with Gasteiger partial charge in [0.2, 0.25) is 0 Å². The highest BCUT2D eigenvalue weighted by molar-refractivity contribution is 7.12. The molecule has 0 saturated carbocycles. The quantitative estimate of drug-likeness (QED) is 0.705. The predicted molar refractivity (Wildman–Crippen MR) is 72.6 cm³/mol. The number of aliphatic hydroxyl groups excluding tert-OH is 1. The van der Waals surface area contributed by atoms with Crippen LogP contribution in [0.15, 0.2) is 12.1 Å². The summed E-state index contributed by atoms with van der Waals surface area (Å²) >= 11 is 1.63. The molecule has 1 atom stereocenters. The zero-order chi connectivity index (χ0) is 13.4. The smallest absolute Gasteiger partial charge is 0.310 e. The summed E-state index contributed by atoms with van der Waals surface area (Å²) in [5.41, 5.74) is 0. The Morgan fingerprint density at radius 1 is 1.50 bits per heavy atom. The number of carbonyl (C=O) groups excluding carboxylic acids is 1. The molecule has 0 saturated heterocycles. The van der Waals surface area contributed by atoms with Crippen molar-refractivity contribution in [3.8, 4) is 0 Å². The van der Waals surface area contributed by atoms with Gasteiger partial charge in [-0.25, -0.2) is 0 Å². The Hall–Kier alpha value is -0.910. The first kappa shape index (κ1) is 15.1. The first-order valence-electron chi connectivity index (χ1n) is 6.11. The number of carbonyl (C=O) groups is 1. The monoisotopic (exact) mass is 271 g/mol. The molecule has 2 N–H and O–H groups in total. The molecule has 0 aliphatic rings. The second-order valence-electron chi connectivity index (χ2n) is 4.37. The first-order chi connectivity index (χ1) is 8.65. The number of nitrogens with one attached hydrogen (secondary N) is 1. The highest BCUT2D eigenvalue weighted by Crippen LogP contribution is 2.17. The number of rotatable bonds is 8. The van der Waals surface area contributed by atoms with Crippen LogP contribution in [0.3, 0.4) is 0 Å². The van der Waals surface area contributed by atoms with Gasteiger partial charge in [-0.2, -0.15) is 0 Å². The van der Waals surface area contributed by atoms with Crippen molar-refractivity contribution in [1.82, 2.24) is 5.32 Å². The van der Waals surface area contributed by atoms with Gasteiger partial charge in [-0.05, 0) is 31.0 Å². The Bertz CT molecular complexity index is 365. The van der Waals surface area contributed by atoms with Gasteiger partial charge in [0.25, 0.3) is 0 Å². The number of hydrogen-bond donors (Lipinski definition) is 2. The summed E-state index contributed by atoms with van der Waals surface area (Å²) in [5.74, 6) is 0.275. The maximum atomic E-state index is 11.1. The number of thiophene rings is 1. The minimum Gasteiger partial charge on any atom is -0.469 e. The second-order valence-corrected chi connectivity index (χ2v) is 5.62. The zero-order valence-corrected chi connectivity index (χ0v) is 11.8. The van der Waals surface area contributed by atoms with Crippen molar-refractivity contribution >= 4 is 17.3 Å². The molecule has 1 aromatic heterocycles. The zero-order valence-electron chi connectivity index (χ0n) is 10.9. The van der Waals surface area contributed by atoms with Crippen molar-refractivity contribution in [2.24, 2.45) is 5.92 Å². The van der Waals surface area contributed by atoms with Crippen molar-refractivity contribution < 1.29 is 14.6 Å². The van der Waals surface area contributed by atoms with E-state index in [2.05, 4.69) is 17.0 Å². The molecule has 0 aromatic carbocycles.